The second kappa shape index (κ2) is 4.27. The molecule has 0 aromatic rings. The molecular formula is C11H23N. The maximum atomic E-state index is 5.64. The minimum absolute atomic E-state index is 0.666. The third-order valence-corrected chi connectivity index (χ3v) is 4.02. The topological polar surface area (TPSA) is 26.0 Å². The van der Waals surface area contributed by atoms with E-state index < -0.39 is 0 Å². The summed E-state index contributed by atoms with van der Waals surface area (Å²) in [6.45, 7) is 5.57. The van der Waals surface area contributed by atoms with Gasteiger partial charge in [0.1, 0.15) is 0 Å². The van der Waals surface area contributed by atoms with Crippen molar-refractivity contribution < 1.29 is 0 Å². The summed E-state index contributed by atoms with van der Waals surface area (Å²) in [6.07, 6.45) is 8.28. The van der Waals surface area contributed by atoms with Gasteiger partial charge in [-0.25, -0.2) is 0 Å². The Morgan fingerprint density at radius 3 is 2.50 bits per heavy atom. The molecule has 2 N–H and O–H groups in total. The Balaban J connectivity index is 2.58. The molecule has 0 bridgehead atoms. The monoisotopic (exact) mass is 169 g/mol. The SMILES string of the molecule is CCC1(CC)CCCC1CCN. The van der Waals surface area contributed by atoms with Crippen LogP contribution in [-0.2, 0) is 0 Å². The summed E-state index contributed by atoms with van der Waals surface area (Å²) in [6, 6.07) is 0. The van der Waals surface area contributed by atoms with Gasteiger partial charge in [0.05, 0.1) is 0 Å². The van der Waals surface area contributed by atoms with E-state index in [1.807, 2.05) is 0 Å². The van der Waals surface area contributed by atoms with Crippen LogP contribution in [0.25, 0.3) is 0 Å². The third-order valence-electron chi connectivity index (χ3n) is 4.02. The first-order valence-electron chi connectivity index (χ1n) is 5.49. The molecule has 1 fully saturated rings. The summed E-state index contributed by atoms with van der Waals surface area (Å²) in [5, 5.41) is 0. The summed E-state index contributed by atoms with van der Waals surface area (Å²) in [7, 11) is 0. The molecule has 0 amide bonds. The standard InChI is InChI=1S/C11H23N/c1-3-11(4-2)8-5-6-10(11)7-9-12/h10H,3-9,12H2,1-2H3. The van der Waals surface area contributed by atoms with Crippen LogP contribution < -0.4 is 5.73 Å². The summed E-state index contributed by atoms with van der Waals surface area (Å²) in [5.41, 5.74) is 6.30. The fourth-order valence-corrected chi connectivity index (χ4v) is 3.04. The smallest absolute Gasteiger partial charge is 0.00744 e. The molecule has 0 saturated heterocycles. The fraction of sp³-hybridized carbons (Fsp3) is 1.00. The van der Waals surface area contributed by atoms with E-state index in [1.54, 1.807) is 0 Å². The Labute approximate surface area is 76.7 Å². The normalized spacial score (nSPS) is 27.8. The zero-order valence-electron chi connectivity index (χ0n) is 8.60. The van der Waals surface area contributed by atoms with Crippen LogP contribution in [0.1, 0.15) is 52.4 Å². The van der Waals surface area contributed by atoms with Crippen molar-refractivity contribution in [2.45, 2.75) is 52.4 Å². The number of nitrogens with two attached hydrogens (primary N) is 1. The Morgan fingerprint density at radius 1 is 1.33 bits per heavy atom. The Morgan fingerprint density at radius 2 is 2.00 bits per heavy atom. The van der Waals surface area contributed by atoms with Crippen molar-refractivity contribution in [1.82, 2.24) is 0 Å². The second-order valence-corrected chi connectivity index (χ2v) is 4.24. The van der Waals surface area contributed by atoms with Crippen molar-refractivity contribution in [3.05, 3.63) is 0 Å². The lowest BCUT2D eigenvalue weighted by molar-refractivity contribution is 0.173. The van der Waals surface area contributed by atoms with E-state index in [9.17, 15) is 0 Å². The lowest BCUT2D eigenvalue weighted by Gasteiger charge is -2.33. The van der Waals surface area contributed by atoms with Crippen molar-refractivity contribution in [3.8, 4) is 0 Å². The summed E-state index contributed by atoms with van der Waals surface area (Å²) >= 11 is 0. The molecule has 1 atom stereocenters. The van der Waals surface area contributed by atoms with E-state index in [1.165, 1.54) is 38.5 Å². The van der Waals surface area contributed by atoms with Gasteiger partial charge < -0.3 is 5.73 Å². The van der Waals surface area contributed by atoms with Gasteiger partial charge in [0.25, 0.3) is 0 Å². The Kier molecular flexibility index (Phi) is 3.57. The van der Waals surface area contributed by atoms with E-state index in [0.29, 0.717) is 5.41 Å². The van der Waals surface area contributed by atoms with Crippen molar-refractivity contribution in [2.75, 3.05) is 6.54 Å². The molecule has 1 heteroatoms. The molecule has 1 unspecified atom stereocenters. The van der Waals surface area contributed by atoms with Crippen LogP contribution in [0, 0.1) is 11.3 Å². The lowest BCUT2D eigenvalue weighted by atomic mass is 9.72. The van der Waals surface area contributed by atoms with Gasteiger partial charge in [-0.1, -0.05) is 33.1 Å². The van der Waals surface area contributed by atoms with E-state index >= 15 is 0 Å². The minimum Gasteiger partial charge on any atom is -0.330 e. The molecule has 1 saturated carbocycles. The van der Waals surface area contributed by atoms with Crippen LogP contribution in [-0.4, -0.2) is 6.54 Å². The molecule has 1 rings (SSSR count). The molecule has 0 aromatic carbocycles. The average Bonchev–Trinajstić information content (AvgIpc) is 2.50. The summed E-state index contributed by atoms with van der Waals surface area (Å²) in [5.74, 6) is 0.928. The van der Waals surface area contributed by atoms with Gasteiger partial charge in [-0.3, -0.25) is 0 Å². The predicted octanol–water partition coefficient (Wildman–Crippen LogP) is 2.94. The first-order chi connectivity index (χ1) is 5.79. The second-order valence-electron chi connectivity index (χ2n) is 4.24. The van der Waals surface area contributed by atoms with Crippen LogP contribution >= 0.6 is 0 Å². The summed E-state index contributed by atoms with van der Waals surface area (Å²) < 4.78 is 0. The van der Waals surface area contributed by atoms with Crippen LogP contribution in [0.2, 0.25) is 0 Å². The number of hydrogen-bond acceptors (Lipinski definition) is 1. The van der Waals surface area contributed by atoms with Crippen LogP contribution in [0.15, 0.2) is 0 Å². The number of rotatable bonds is 4. The molecule has 0 radical (unpaired) electrons. The average molecular weight is 169 g/mol. The zero-order chi connectivity index (χ0) is 9.03. The maximum absolute atomic E-state index is 5.64. The van der Waals surface area contributed by atoms with Gasteiger partial charge in [-0.15, -0.1) is 0 Å². The van der Waals surface area contributed by atoms with Gasteiger partial charge >= 0.3 is 0 Å². The quantitative estimate of drug-likeness (QED) is 0.688. The molecule has 0 aromatic heterocycles. The first kappa shape index (κ1) is 10.0. The molecule has 0 aliphatic heterocycles. The molecule has 1 aliphatic carbocycles. The van der Waals surface area contributed by atoms with E-state index in [2.05, 4.69) is 13.8 Å². The Hall–Kier alpha value is -0.0400. The molecule has 0 spiro atoms. The van der Waals surface area contributed by atoms with Crippen molar-refractivity contribution in [1.29, 1.82) is 0 Å². The van der Waals surface area contributed by atoms with E-state index in [-0.39, 0.29) is 0 Å². The van der Waals surface area contributed by atoms with Crippen molar-refractivity contribution in [3.63, 3.8) is 0 Å². The largest absolute Gasteiger partial charge is 0.330 e. The number of hydrogen-bond donors (Lipinski definition) is 1. The van der Waals surface area contributed by atoms with Gasteiger partial charge in [0.15, 0.2) is 0 Å². The molecular weight excluding hydrogens is 146 g/mol. The molecule has 0 heterocycles. The summed E-state index contributed by atoms with van der Waals surface area (Å²) in [4.78, 5) is 0. The van der Waals surface area contributed by atoms with Crippen LogP contribution in [0.3, 0.4) is 0 Å². The molecule has 72 valence electrons. The zero-order valence-corrected chi connectivity index (χ0v) is 8.60. The fourth-order valence-electron chi connectivity index (χ4n) is 3.04. The van der Waals surface area contributed by atoms with E-state index in [0.717, 1.165) is 12.5 Å². The van der Waals surface area contributed by atoms with Gasteiger partial charge in [-0.2, -0.15) is 0 Å². The highest BCUT2D eigenvalue weighted by Crippen LogP contribution is 2.49. The van der Waals surface area contributed by atoms with Crippen molar-refractivity contribution in [2.24, 2.45) is 17.1 Å². The van der Waals surface area contributed by atoms with Gasteiger partial charge in [-0.05, 0) is 37.1 Å². The molecule has 1 nitrogen and oxygen atoms in total. The van der Waals surface area contributed by atoms with Gasteiger partial charge in [0.2, 0.25) is 0 Å². The Bertz CT molecular complexity index is 127. The highest BCUT2D eigenvalue weighted by atomic mass is 14.5. The maximum Gasteiger partial charge on any atom is -0.00744 e. The third kappa shape index (κ3) is 1.66. The minimum atomic E-state index is 0.666. The predicted molar refractivity (Wildman–Crippen MR) is 54.0 cm³/mol. The molecule has 12 heavy (non-hydrogen) atoms. The first-order valence-corrected chi connectivity index (χ1v) is 5.49. The lowest BCUT2D eigenvalue weighted by Crippen LogP contribution is -2.25. The highest BCUT2D eigenvalue weighted by Gasteiger charge is 2.38. The highest BCUT2D eigenvalue weighted by molar-refractivity contribution is 4.89. The van der Waals surface area contributed by atoms with E-state index in [4.69, 9.17) is 5.73 Å². The molecule has 1 aliphatic rings. The van der Waals surface area contributed by atoms with Crippen molar-refractivity contribution >= 4 is 0 Å². The van der Waals surface area contributed by atoms with Crippen LogP contribution in [0.5, 0.6) is 0 Å². The van der Waals surface area contributed by atoms with Gasteiger partial charge in [0, 0.05) is 0 Å². The van der Waals surface area contributed by atoms with Crippen LogP contribution in [0.4, 0.5) is 0 Å².